The molecule has 0 saturated carbocycles. The monoisotopic (exact) mass is 433 g/mol. The topological polar surface area (TPSA) is 115 Å². The second kappa shape index (κ2) is 9.21. The Bertz CT molecular complexity index is 1080. The van der Waals surface area contributed by atoms with Crippen molar-refractivity contribution in [3.8, 4) is 11.3 Å². The number of carbonyl (C=O) groups is 1. The lowest BCUT2D eigenvalue weighted by Gasteiger charge is -2.06. The summed E-state index contributed by atoms with van der Waals surface area (Å²) in [7, 11) is -3.56. The Balaban J connectivity index is 1.46. The third kappa shape index (κ3) is 6.70. The lowest BCUT2D eigenvalue weighted by Crippen LogP contribution is -2.23. The molecule has 0 bridgehead atoms. The molecule has 0 spiro atoms. The van der Waals surface area contributed by atoms with E-state index in [1.165, 1.54) is 0 Å². The second-order valence-corrected chi connectivity index (χ2v) is 8.58. The molecule has 0 aliphatic heterocycles. The average Bonchev–Trinajstić information content (AvgIpc) is 3.14. The molecule has 9 heteroatoms. The molecule has 0 fully saturated rings. The molecule has 3 rings (SSSR count). The number of nitrogens with two attached hydrogens (primary N) is 1. The highest BCUT2D eigenvalue weighted by atomic mass is 35.5. The molecule has 0 radical (unpaired) electrons. The Kier molecular flexibility index (Phi) is 6.68. The maximum absolute atomic E-state index is 12.1. The molecular weight excluding hydrogens is 414 g/mol. The Labute approximate surface area is 173 Å². The molecule has 29 heavy (non-hydrogen) atoms. The Morgan fingerprint density at radius 1 is 1.07 bits per heavy atom. The molecule has 152 valence electrons. The lowest BCUT2D eigenvalue weighted by atomic mass is 10.1. The number of carbonyl (C=O) groups excluding carboxylic acids is 1. The zero-order chi connectivity index (χ0) is 20.9. The molecule has 0 aliphatic rings. The lowest BCUT2D eigenvalue weighted by molar-refractivity contribution is -0.121. The van der Waals surface area contributed by atoms with Crippen molar-refractivity contribution in [3.05, 3.63) is 76.8 Å². The summed E-state index contributed by atoms with van der Waals surface area (Å²) >= 11 is 5.88. The minimum absolute atomic E-state index is 0.134. The number of hydrogen-bond donors (Lipinski definition) is 2. The maximum atomic E-state index is 12.1. The molecule has 3 N–H and O–H groups in total. The largest absolute Gasteiger partial charge is 0.441 e. The minimum atomic E-state index is -3.56. The number of aromatic nitrogens is 1. The number of oxazole rings is 1. The van der Waals surface area contributed by atoms with Crippen molar-refractivity contribution in [1.82, 2.24) is 10.3 Å². The summed E-state index contributed by atoms with van der Waals surface area (Å²) in [6.45, 7) is 0.343. The molecule has 0 saturated heterocycles. The van der Waals surface area contributed by atoms with Gasteiger partial charge < -0.3 is 9.73 Å². The predicted octanol–water partition coefficient (Wildman–Crippen LogP) is 3.03. The van der Waals surface area contributed by atoms with Crippen LogP contribution in [0.25, 0.3) is 11.3 Å². The summed E-state index contributed by atoms with van der Waals surface area (Å²) in [4.78, 5) is 16.3. The highest BCUT2D eigenvalue weighted by Crippen LogP contribution is 2.22. The Hall–Kier alpha value is -2.68. The molecule has 0 aliphatic carbocycles. The van der Waals surface area contributed by atoms with Crippen LogP contribution >= 0.6 is 11.6 Å². The van der Waals surface area contributed by atoms with Gasteiger partial charge in [0, 0.05) is 30.0 Å². The molecule has 1 aromatic heterocycles. The third-order valence-electron chi connectivity index (χ3n) is 4.13. The van der Waals surface area contributed by atoms with E-state index in [1.54, 1.807) is 42.6 Å². The second-order valence-electron chi connectivity index (χ2n) is 6.53. The zero-order valence-corrected chi connectivity index (χ0v) is 17.0. The first-order chi connectivity index (χ1) is 13.8. The van der Waals surface area contributed by atoms with Crippen LogP contribution in [0.1, 0.15) is 23.4 Å². The van der Waals surface area contributed by atoms with Crippen molar-refractivity contribution in [2.45, 2.75) is 25.1 Å². The number of rotatable bonds is 8. The fourth-order valence-corrected chi connectivity index (χ4v) is 3.45. The van der Waals surface area contributed by atoms with Gasteiger partial charge in [-0.05, 0) is 35.4 Å². The summed E-state index contributed by atoms with van der Waals surface area (Å²) in [5.74, 6) is 0.757. The standard InChI is InChI=1S/C20H20ClN3O4S/c21-17-7-5-16(6-8-17)18-12-24-20(28-18)10-9-19(25)23-11-14-1-3-15(4-2-14)13-29(22,26)27/h1-8,12H,9-11,13H2,(H,23,25)(H2,22,26,27). The van der Waals surface area contributed by atoms with E-state index >= 15 is 0 Å². The first-order valence-corrected chi connectivity index (χ1v) is 10.9. The molecule has 1 heterocycles. The van der Waals surface area contributed by atoms with Crippen LogP contribution in [0.2, 0.25) is 5.02 Å². The van der Waals surface area contributed by atoms with Crippen molar-refractivity contribution in [2.75, 3.05) is 0 Å². The number of nitrogens with one attached hydrogen (secondary N) is 1. The fraction of sp³-hybridized carbons (Fsp3) is 0.200. The van der Waals surface area contributed by atoms with Gasteiger partial charge in [-0.15, -0.1) is 0 Å². The highest BCUT2D eigenvalue weighted by Gasteiger charge is 2.10. The van der Waals surface area contributed by atoms with Gasteiger partial charge >= 0.3 is 0 Å². The smallest absolute Gasteiger partial charge is 0.220 e. The van der Waals surface area contributed by atoms with E-state index < -0.39 is 10.0 Å². The Morgan fingerprint density at radius 3 is 2.38 bits per heavy atom. The van der Waals surface area contributed by atoms with Crippen molar-refractivity contribution >= 4 is 27.5 Å². The van der Waals surface area contributed by atoms with Crippen molar-refractivity contribution < 1.29 is 17.6 Å². The van der Waals surface area contributed by atoms with E-state index in [0.717, 1.165) is 11.1 Å². The van der Waals surface area contributed by atoms with E-state index in [1.807, 2.05) is 12.1 Å². The number of nitrogens with zero attached hydrogens (tertiary/aromatic N) is 1. The van der Waals surface area contributed by atoms with Crippen LogP contribution in [-0.2, 0) is 33.5 Å². The molecule has 0 atom stereocenters. The first kappa shape index (κ1) is 21.0. The molecule has 1 amide bonds. The summed E-state index contributed by atoms with van der Waals surface area (Å²) in [5, 5.41) is 8.48. The van der Waals surface area contributed by atoms with Crippen LogP contribution in [0.3, 0.4) is 0 Å². The molecule has 3 aromatic rings. The number of aryl methyl sites for hydroxylation is 1. The van der Waals surface area contributed by atoms with Crippen LogP contribution in [0.4, 0.5) is 0 Å². The Morgan fingerprint density at radius 2 is 1.72 bits per heavy atom. The van der Waals surface area contributed by atoms with Crippen molar-refractivity contribution in [2.24, 2.45) is 5.14 Å². The van der Waals surface area contributed by atoms with Crippen molar-refractivity contribution in [3.63, 3.8) is 0 Å². The third-order valence-corrected chi connectivity index (χ3v) is 5.12. The van der Waals surface area contributed by atoms with Gasteiger partial charge in [-0.1, -0.05) is 35.9 Å². The zero-order valence-electron chi connectivity index (χ0n) is 15.5. The number of primary sulfonamides is 1. The molecule has 0 unspecified atom stereocenters. The van der Waals surface area contributed by atoms with E-state index in [2.05, 4.69) is 10.3 Å². The van der Waals surface area contributed by atoms with Gasteiger partial charge in [-0.2, -0.15) is 0 Å². The molecule has 7 nitrogen and oxygen atoms in total. The van der Waals surface area contributed by atoms with Gasteiger partial charge in [0.1, 0.15) is 0 Å². The van der Waals surface area contributed by atoms with Crippen LogP contribution in [-0.4, -0.2) is 19.3 Å². The summed E-state index contributed by atoms with van der Waals surface area (Å²) in [6.07, 6.45) is 2.25. The van der Waals surface area contributed by atoms with Crippen molar-refractivity contribution in [1.29, 1.82) is 0 Å². The van der Waals surface area contributed by atoms with Gasteiger partial charge in [-0.25, -0.2) is 18.5 Å². The van der Waals surface area contributed by atoms with Gasteiger partial charge in [0.15, 0.2) is 11.7 Å². The van der Waals surface area contributed by atoms with E-state index in [4.69, 9.17) is 21.2 Å². The predicted molar refractivity (Wildman–Crippen MR) is 110 cm³/mol. The van der Waals surface area contributed by atoms with Gasteiger partial charge in [0.25, 0.3) is 0 Å². The number of sulfonamides is 1. The van der Waals surface area contributed by atoms with E-state index in [0.29, 0.717) is 35.2 Å². The van der Waals surface area contributed by atoms with Crippen LogP contribution in [0, 0.1) is 0 Å². The first-order valence-electron chi connectivity index (χ1n) is 8.84. The summed E-state index contributed by atoms with van der Waals surface area (Å²) in [6, 6.07) is 14.1. The average molecular weight is 434 g/mol. The van der Waals surface area contributed by atoms with Gasteiger partial charge in [0.2, 0.25) is 15.9 Å². The fourth-order valence-electron chi connectivity index (χ4n) is 2.67. The van der Waals surface area contributed by atoms with Crippen LogP contribution in [0.15, 0.2) is 59.1 Å². The minimum Gasteiger partial charge on any atom is -0.441 e. The SMILES string of the molecule is NS(=O)(=O)Cc1ccc(CNC(=O)CCc2ncc(-c3ccc(Cl)cc3)o2)cc1. The number of halogens is 1. The summed E-state index contributed by atoms with van der Waals surface area (Å²) < 4.78 is 27.9. The maximum Gasteiger partial charge on any atom is 0.220 e. The number of amides is 1. The molecule has 2 aromatic carbocycles. The van der Waals surface area contributed by atoms with E-state index in [9.17, 15) is 13.2 Å². The number of benzene rings is 2. The van der Waals surface area contributed by atoms with Gasteiger partial charge in [0.05, 0.1) is 11.9 Å². The highest BCUT2D eigenvalue weighted by molar-refractivity contribution is 7.88. The van der Waals surface area contributed by atoms with Crippen LogP contribution < -0.4 is 10.5 Å². The number of hydrogen-bond acceptors (Lipinski definition) is 5. The quantitative estimate of drug-likeness (QED) is 0.566. The molecular formula is C20H20ClN3O4S. The van der Waals surface area contributed by atoms with Gasteiger partial charge in [-0.3, -0.25) is 4.79 Å². The van der Waals surface area contributed by atoms with Crippen LogP contribution in [0.5, 0.6) is 0 Å². The summed E-state index contributed by atoms with van der Waals surface area (Å²) in [5.41, 5.74) is 2.32. The normalized spacial score (nSPS) is 11.4. The van der Waals surface area contributed by atoms with E-state index in [-0.39, 0.29) is 18.1 Å².